The molecule has 2 fully saturated rings. The zero-order valence-corrected chi connectivity index (χ0v) is 13.7. The van der Waals surface area contributed by atoms with Gasteiger partial charge in [-0.05, 0) is 55.4 Å². The van der Waals surface area contributed by atoms with Crippen LogP contribution in [0.1, 0.15) is 27.2 Å². The minimum atomic E-state index is -0.441. The third-order valence-corrected chi connectivity index (χ3v) is 5.58. The van der Waals surface area contributed by atoms with Crippen LogP contribution in [0.15, 0.2) is 34.9 Å². The first-order valence-electron chi connectivity index (χ1n) is 7.54. The summed E-state index contributed by atoms with van der Waals surface area (Å²) < 4.78 is 0. The average Bonchev–Trinajstić information content (AvgIpc) is 2.78. The van der Waals surface area contributed by atoms with Crippen LogP contribution in [0.4, 0.5) is 0 Å². The fraction of sp³-hybridized carbons (Fsp3) is 0.588. The van der Waals surface area contributed by atoms with Crippen molar-refractivity contribution < 1.29 is 4.79 Å². The van der Waals surface area contributed by atoms with E-state index in [-0.39, 0.29) is 17.2 Å². The van der Waals surface area contributed by atoms with E-state index in [9.17, 15) is 4.79 Å². The molecule has 1 aliphatic heterocycles. The second-order valence-electron chi connectivity index (χ2n) is 7.29. The van der Waals surface area contributed by atoms with E-state index in [0.717, 1.165) is 35.7 Å². The summed E-state index contributed by atoms with van der Waals surface area (Å²) in [5.41, 5.74) is 1.75. The van der Waals surface area contributed by atoms with Gasteiger partial charge in [0.2, 0.25) is 5.91 Å². The van der Waals surface area contributed by atoms with Crippen LogP contribution in [0.3, 0.4) is 0 Å². The minimum Gasteiger partial charge on any atom is -0.347 e. The Hall–Kier alpha value is -1.06. The van der Waals surface area contributed by atoms with Crippen LogP contribution in [0, 0.1) is 17.3 Å². The monoisotopic (exact) mass is 306 g/mol. The lowest BCUT2D eigenvalue weighted by Gasteiger charge is -2.32. The number of piperidine rings is 1. The van der Waals surface area contributed by atoms with E-state index < -0.39 is 5.54 Å². The molecule has 0 spiro atoms. The quantitative estimate of drug-likeness (QED) is 0.842. The number of rotatable bonds is 3. The Morgan fingerprint density at radius 2 is 2.29 bits per heavy atom. The molecule has 1 saturated heterocycles. The lowest BCUT2D eigenvalue weighted by Crippen LogP contribution is -2.47. The summed E-state index contributed by atoms with van der Waals surface area (Å²) in [4.78, 5) is 12.6. The third kappa shape index (κ3) is 2.36. The lowest BCUT2D eigenvalue weighted by molar-refractivity contribution is -0.124. The number of carbonyl (C=O) groups excluding carboxylic acids is 1. The first kappa shape index (κ1) is 14.9. The van der Waals surface area contributed by atoms with Crippen molar-refractivity contribution in [1.29, 1.82) is 0 Å². The van der Waals surface area contributed by atoms with E-state index in [0.29, 0.717) is 5.92 Å². The van der Waals surface area contributed by atoms with Crippen molar-refractivity contribution in [2.24, 2.45) is 17.3 Å². The predicted molar refractivity (Wildman–Crippen MR) is 86.0 cm³/mol. The van der Waals surface area contributed by atoms with Crippen LogP contribution >= 0.6 is 11.6 Å². The summed E-state index contributed by atoms with van der Waals surface area (Å²) in [5.74, 6) is 0.787. The van der Waals surface area contributed by atoms with Crippen LogP contribution in [-0.4, -0.2) is 24.5 Å². The highest BCUT2D eigenvalue weighted by Crippen LogP contribution is 2.60. The number of hydrogen-bond donors (Lipinski definition) is 2. The zero-order valence-electron chi connectivity index (χ0n) is 12.9. The second-order valence-corrected chi connectivity index (χ2v) is 7.73. The van der Waals surface area contributed by atoms with Crippen molar-refractivity contribution in [1.82, 2.24) is 10.6 Å². The van der Waals surface area contributed by atoms with Crippen LogP contribution in [0.25, 0.3) is 0 Å². The van der Waals surface area contributed by atoms with Crippen LogP contribution in [-0.2, 0) is 4.79 Å². The molecule has 0 aromatic carbocycles. The van der Waals surface area contributed by atoms with Gasteiger partial charge in [-0.1, -0.05) is 31.2 Å². The fourth-order valence-corrected chi connectivity index (χ4v) is 4.12. The Kier molecular flexibility index (Phi) is 3.34. The maximum absolute atomic E-state index is 12.6. The van der Waals surface area contributed by atoms with Gasteiger partial charge in [-0.15, -0.1) is 0 Å². The van der Waals surface area contributed by atoms with Crippen molar-refractivity contribution in [3.63, 3.8) is 0 Å². The Balaban J connectivity index is 1.73. The maximum atomic E-state index is 12.6. The molecule has 1 amide bonds. The standard InChI is InChI=1S/C17H23ClN2O/c1-10-5-6-11(18)7-12(10)16(2,3)20-15(21)14-13-8-19-9-17(13,14)4/h6-7,13-14,19H,1,5,8-9H2,2-4H3,(H,20,21). The van der Waals surface area contributed by atoms with Crippen LogP contribution in [0.2, 0.25) is 0 Å². The molecule has 1 heterocycles. The van der Waals surface area contributed by atoms with E-state index in [2.05, 4.69) is 24.1 Å². The molecule has 2 N–H and O–H groups in total. The molecule has 2 aliphatic carbocycles. The summed E-state index contributed by atoms with van der Waals surface area (Å²) in [7, 11) is 0. The Bertz CT molecular complexity index is 575. The van der Waals surface area contributed by atoms with Crippen molar-refractivity contribution in [2.75, 3.05) is 13.1 Å². The van der Waals surface area contributed by atoms with Gasteiger partial charge in [0.05, 0.1) is 5.54 Å². The molecule has 4 heteroatoms. The Morgan fingerprint density at radius 1 is 1.57 bits per heavy atom. The van der Waals surface area contributed by atoms with Gasteiger partial charge in [0.1, 0.15) is 0 Å². The number of fused-ring (bicyclic) bond motifs is 1. The zero-order chi connectivity index (χ0) is 15.4. The van der Waals surface area contributed by atoms with Gasteiger partial charge >= 0.3 is 0 Å². The summed E-state index contributed by atoms with van der Waals surface area (Å²) in [6, 6.07) is 0. The molecule has 3 unspecified atom stereocenters. The first-order valence-corrected chi connectivity index (χ1v) is 7.92. The van der Waals surface area contributed by atoms with Gasteiger partial charge in [0.15, 0.2) is 0 Å². The smallest absolute Gasteiger partial charge is 0.224 e. The van der Waals surface area contributed by atoms with Gasteiger partial charge in [-0.3, -0.25) is 4.79 Å². The molecule has 3 atom stereocenters. The number of amides is 1. The van der Waals surface area contributed by atoms with Crippen LogP contribution in [0.5, 0.6) is 0 Å². The summed E-state index contributed by atoms with van der Waals surface area (Å²) in [6.07, 6.45) is 4.62. The first-order chi connectivity index (χ1) is 9.75. The molecule has 0 aromatic heterocycles. The van der Waals surface area contributed by atoms with Gasteiger partial charge in [-0.2, -0.15) is 0 Å². The largest absolute Gasteiger partial charge is 0.347 e. The van der Waals surface area contributed by atoms with Crippen molar-refractivity contribution in [3.05, 3.63) is 34.9 Å². The molecule has 1 saturated carbocycles. The van der Waals surface area contributed by atoms with E-state index in [4.69, 9.17) is 11.6 Å². The highest BCUT2D eigenvalue weighted by atomic mass is 35.5. The maximum Gasteiger partial charge on any atom is 0.224 e. The topological polar surface area (TPSA) is 41.1 Å². The second kappa shape index (κ2) is 4.72. The number of carbonyl (C=O) groups is 1. The highest BCUT2D eigenvalue weighted by Gasteiger charge is 2.67. The normalized spacial score (nSPS) is 35.0. The SMILES string of the molecule is C=C1CC=C(Cl)C=C1C(C)(C)NC(=O)C1C2CNCC21C. The lowest BCUT2D eigenvalue weighted by atomic mass is 9.84. The Morgan fingerprint density at radius 3 is 2.90 bits per heavy atom. The summed E-state index contributed by atoms with van der Waals surface area (Å²) in [5, 5.41) is 7.29. The van der Waals surface area contributed by atoms with Gasteiger partial charge in [0, 0.05) is 17.5 Å². The Labute approximate surface area is 131 Å². The predicted octanol–water partition coefficient (Wildman–Crippen LogP) is 2.75. The number of hydrogen-bond acceptors (Lipinski definition) is 2. The number of allylic oxidation sites excluding steroid dienone is 3. The highest BCUT2D eigenvalue weighted by molar-refractivity contribution is 6.31. The van der Waals surface area contributed by atoms with Crippen molar-refractivity contribution >= 4 is 17.5 Å². The minimum absolute atomic E-state index is 0.140. The number of halogens is 1. The molecule has 0 aromatic rings. The van der Waals surface area contributed by atoms with E-state index in [1.54, 1.807) is 0 Å². The third-order valence-electron chi connectivity index (χ3n) is 5.32. The summed E-state index contributed by atoms with van der Waals surface area (Å²) >= 11 is 6.12. The van der Waals surface area contributed by atoms with E-state index in [1.807, 2.05) is 26.0 Å². The molecule has 0 radical (unpaired) electrons. The molecule has 3 aliphatic rings. The van der Waals surface area contributed by atoms with Gasteiger partial charge in [-0.25, -0.2) is 0 Å². The molecular formula is C17H23ClN2O. The molecule has 21 heavy (non-hydrogen) atoms. The average molecular weight is 307 g/mol. The van der Waals surface area contributed by atoms with E-state index >= 15 is 0 Å². The van der Waals surface area contributed by atoms with Crippen molar-refractivity contribution in [3.8, 4) is 0 Å². The summed E-state index contributed by atoms with van der Waals surface area (Å²) in [6.45, 7) is 12.3. The molecule has 0 bridgehead atoms. The number of nitrogens with one attached hydrogen (secondary N) is 2. The molecule has 3 rings (SSSR count). The molecular weight excluding hydrogens is 284 g/mol. The fourth-order valence-electron chi connectivity index (χ4n) is 3.94. The van der Waals surface area contributed by atoms with Crippen molar-refractivity contribution in [2.45, 2.75) is 32.7 Å². The van der Waals surface area contributed by atoms with Gasteiger partial charge < -0.3 is 10.6 Å². The van der Waals surface area contributed by atoms with Gasteiger partial charge in [0.25, 0.3) is 0 Å². The van der Waals surface area contributed by atoms with Crippen LogP contribution < -0.4 is 10.6 Å². The molecule has 114 valence electrons. The molecule has 3 nitrogen and oxygen atoms in total. The van der Waals surface area contributed by atoms with E-state index in [1.165, 1.54) is 0 Å².